The number of thiophene rings is 1. The Morgan fingerprint density at radius 1 is 1.56 bits per heavy atom. The number of hydrogen-bond donors (Lipinski definition) is 1. The zero-order chi connectivity index (χ0) is 11.6. The van der Waals surface area contributed by atoms with Gasteiger partial charge in [0.25, 0.3) is 0 Å². The Balaban J connectivity index is 2.10. The van der Waals surface area contributed by atoms with Crippen molar-refractivity contribution >= 4 is 28.2 Å². The number of ether oxygens (including phenoxy) is 2. The predicted octanol–water partition coefficient (Wildman–Crippen LogP) is 0.876. The quantitative estimate of drug-likeness (QED) is 0.630. The summed E-state index contributed by atoms with van der Waals surface area (Å²) in [6.45, 7) is 0.160. The van der Waals surface area contributed by atoms with Crippen molar-refractivity contribution in [3.8, 4) is 0 Å². The highest BCUT2D eigenvalue weighted by atomic mass is 32.1. The minimum atomic E-state index is -1.17. The minimum absolute atomic E-state index is 0.0802. The molecule has 6 heteroatoms. The lowest BCUT2D eigenvalue weighted by Gasteiger charge is -2.36. The summed E-state index contributed by atoms with van der Waals surface area (Å²) in [7, 11) is 1.26. The van der Waals surface area contributed by atoms with Gasteiger partial charge < -0.3 is 14.8 Å². The van der Waals surface area contributed by atoms with E-state index in [1.54, 1.807) is 6.07 Å². The third-order valence-corrected chi connectivity index (χ3v) is 3.25. The van der Waals surface area contributed by atoms with Crippen molar-refractivity contribution in [3.63, 3.8) is 0 Å². The lowest BCUT2D eigenvalue weighted by molar-refractivity contribution is -0.185. The third kappa shape index (κ3) is 1.70. The average molecular weight is 241 g/mol. The summed E-state index contributed by atoms with van der Waals surface area (Å²) in [5.41, 5.74) is -1.17. The Kier molecular flexibility index (Phi) is 2.93. The number of rotatable bonds is 3. The molecule has 1 aliphatic heterocycles. The van der Waals surface area contributed by atoms with Crippen LogP contribution < -0.4 is 5.32 Å². The van der Waals surface area contributed by atoms with Crippen LogP contribution in [0.25, 0.3) is 0 Å². The van der Waals surface area contributed by atoms with Gasteiger partial charge in [0.2, 0.25) is 5.91 Å². The Labute approximate surface area is 96.4 Å². The average Bonchev–Trinajstić information content (AvgIpc) is 2.68. The maximum absolute atomic E-state index is 11.9. The summed E-state index contributed by atoms with van der Waals surface area (Å²) in [5, 5.41) is 5.23. The van der Waals surface area contributed by atoms with E-state index in [2.05, 4.69) is 10.1 Å². The van der Waals surface area contributed by atoms with Crippen LogP contribution >= 0.6 is 11.3 Å². The maximum Gasteiger partial charge on any atom is 0.326 e. The number of methoxy groups -OCH3 is 1. The van der Waals surface area contributed by atoms with E-state index in [0.29, 0.717) is 5.00 Å². The van der Waals surface area contributed by atoms with Gasteiger partial charge in [-0.25, -0.2) is 0 Å². The first-order chi connectivity index (χ1) is 7.69. The molecular weight excluding hydrogens is 230 g/mol. The van der Waals surface area contributed by atoms with Gasteiger partial charge in [-0.2, -0.15) is 0 Å². The highest BCUT2D eigenvalue weighted by molar-refractivity contribution is 7.14. The zero-order valence-electron chi connectivity index (χ0n) is 8.69. The van der Waals surface area contributed by atoms with Crippen LogP contribution in [0.3, 0.4) is 0 Å². The molecule has 5 nitrogen and oxygen atoms in total. The number of amides is 1. The van der Waals surface area contributed by atoms with E-state index in [0.717, 1.165) is 0 Å². The van der Waals surface area contributed by atoms with Crippen molar-refractivity contribution < 1.29 is 19.1 Å². The van der Waals surface area contributed by atoms with Gasteiger partial charge in [0, 0.05) is 0 Å². The predicted molar refractivity (Wildman–Crippen MR) is 58.2 cm³/mol. The molecule has 1 saturated heterocycles. The molecule has 0 radical (unpaired) electrons. The fraction of sp³-hybridized carbons (Fsp3) is 0.400. The van der Waals surface area contributed by atoms with Crippen LogP contribution in [0.4, 0.5) is 5.00 Å². The lowest BCUT2D eigenvalue weighted by Crippen LogP contribution is -2.57. The topological polar surface area (TPSA) is 64.6 Å². The van der Waals surface area contributed by atoms with Crippen LogP contribution in [0.5, 0.6) is 0 Å². The molecule has 0 saturated carbocycles. The molecule has 0 spiro atoms. The second-order valence-electron chi connectivity index (χ2n) is 3.50. The van der Waals surface area contributed by atoms with E-state index >= 15 is 0 Å². The first kappa shape index (κ1) is 11.1. The van der Waals surface area contributed by atoms with Crippen molar-refractivity contribution in [3.05, 3.63) is 17.5 Å². The van der Waals surface area contributed by atoms with Crippen LogP contribution in [0, 0.1) is 5.41 Å². The highest BCUT2D eigenvalue weighted by Crippen LogP contribution is 2.31. The van der Waals surface area contributed by atoms with E-state index < -0.39 is 11.4 Å². The highest BCUT2D eigenvalue weighted by Gasteiger charge is 2.54. The molecule has 1 aromatic heterocycles. The molecule has 0 bridgehead atoms. The van der Waals surface area contributed by atoms with Crippen LogP contribution in [-0.4, -0.2) is 32.2 Å². The van der Waals surface area contributed by atoms with Gasteiger partial charge in [0.1, 0.15) is 0 Å². The van der Waals surface area contributed by atoms with Gasteiger partial charge in [-0.05, 0) is 17.5 Å². The van der Waals surface area contributed by atoms with Crippen molar-refractivity contribution in [1.29, 1.82) is 0 Å². The zero-order valence-corrected chi connectivity index (χ0v) is 9.50. The van der Waals surface area contributed by atoms with Crippen molar-refractivity contribution in [1.82, 2.24) is 0 Å². The number of nitrogens with one attached hydrogen (secondary N) is 1. The molecule has 1 aromatic rings. The van der Waals surface area contributed by atoms with E-state index in [1.165, 1.54) is 18.4 Å². The Morgan fingerprint density at radius 3 is 2.75 bits per heavy atom. The standard InChI is InChI=1S/C10H11NO4S/c1-14-9(13)10(5-15-6-10)8(12)11-7-3-2-4-16-7/h2-4H,5-6H2,1H3,(H,11,12). The smallest absolute Gasteiger partial charge is 0.326 e. The second kappa shape index (κ2) is 4.23. The number of esters is 1. The molecule has 0 aromatic carbocycles. The Hall–Kier alpha value is -1.40. The van der Waals surface area contributed by atoms with Gasteiger partial charge in [0.05, 0.1) is 25.3 Å². The van der Waals surface area contributed by atoms with Crippen molar-refractivity contribution in [2.75, 3.05) is 25.6 Å². The SMILES string of the molecule is COC(=O)C1(C(=O)Nc2cccs2)COC1. The Morgan fingerprint density at radius 2 is 2.31 bits per heavy atom. The first-order valence-electron chi connectivity index (χ1n) is 4.70. The number of carbonyl (C=O) groups excluding carboxylic acids is 2. The van der Waals surface area contributed by atoms with E-state index in [9.17, 15) is 9.59 Å². The van der Waals surface area contributed by atoms with Gasteiger partial charge in [-0.3, -0.25) is 9.59 Å². The van der Waals surface area contributed by atoms with Crippen molar-refractivity contribution in [2.45, 2.75) is 0 Å². The molecule has 1 aliphatic rings. The molecular formula is C10H11NO4S. The Bertz CT molecular complexity index is 397. The molecule has 16 heavy (non-hydrogen) atoms. The van der Waals surface area contributed by atoms with Crippen LogP contribution in [0.15, 0.2) is 17.5 Å². The second-order valence-corrected chi connectivity index (χ2v) is 4.45. The normalized spacial score (nSPS) is 17.3. The summed E-state index contributed by atoms with van der Waals surface area (Å²) in [6, 6.07) is 3.59. The summed E-state index contributed by atoms with van der Waals surface area (Å²) < 4.78 is 9.56. The fourth-order valence-corrected chi connectivity index (χ4v) is 2.04. The monoisotopic (exact) mass is 241 g/mol. The van der Waals surface area contributed by atoms with Crippen molar-refractivity contribution in [2.24, 2.45) is 5.41 Å². The molecule has 2 heterocycles. The van der Waals surface area contributed by atoms with Gasteiger partial charge in [0.15, 0.2) is 5.41 Å². The van der Waals surface area contributed by atoms with E-state index in [-0.39, 0.29) is 19.1 Å². The largest absolute Gasteiger partial charge is 0.468 e. The van der Waals surface area contributed by atoms with Gasteiger partial charge in [-0.1, -0.05) is 0 Å². The van der Waals surface area contributed by atoms with Crippen LogP contribution in [0.2, 0.25) is 0 Å². The molecule has 1 fully saturated rings. The van der Waals surface area contributed by atoms with E-state index in [4.69, 9.17) is 4.74 Å². The fourth-order valence-electron chi connectivity index (χ4n) is 1.42. The molecule has 0 aliphatic carbocycles. The van der Waals surface area contributed by atoms with Crippen LogP contribution in [-0.2, 0) is 19.1 Å². The number of carbonyl (C=O) groups is 2. The molecule has 1 N–H and O–H groups in total. The summed E-state index contributed by atoms with van der Waals surface area (Å²) in [6.07, 6.45) is 0. The maximum atomic E-state index is 11.9. The number of hydrogen-bond acceptors (Lipinski definition) is 5. The van der Waals surface area contributed by atoms with Gasteiger partial charge in [-0.15, -0.1) is 11.3 Å². The summed E-state index contributed by atoms with van der Waals surface area (Å²) in [5.74, 6) is -0.916. The third-order valence-electron chi connectivity index (χ3n) is 2.47. The van der Waals surface area contributed by atoms with Gasteiger partial charge >= 0.3 is 5.97 Å². The minimum Gasteiger partial charge on any atom is -0.468 e. The summed E-state index contributed by atoms with van der Waals surface area (Å²) >= 11 is 1.40. The summed E-state index contributed by atoms with van der Waals surface area (Å²) in [4.78, 5) is 23.5. The molecule has 86 valence electrons. The molecule has 0 atom stereocenters. The first-order valence-corrected chi connectivity index (χ1v) is 5.58. The molecule has 1 amide bonds. The van der Waals surface area contributed by atoms with Crippen LogP contribution in [0.1, 0.15) is 0 Å². The number of anilines is 1. The van der Waals surface area contributed by atoms with E-state index in [1.807, 2.05) is 11.4 Å². The molecule has 2 rings (SSSR count). The lowest BCUT2D eigenvalue weighted by atomic mass is 9.85. The molecule has 0 unspecified atom stereocenters.